The van der Waals surface area contributed by atoms with Gasteiger partial charge in [-0.2, -0.15) is 9.41 Å². The van der Waals surface area contributed by atoms with Crippen LogP contribution in [0.1, 0.15) is 24.0 Å². The highest BCUT2D eigenvalue weighted by molar-refractivity contribution is 7.89. The van der Waals surface area contributed by atoms with Crippen LogP contribution in [0.15, 0.2) is 52.5 Å². The minimum Gasteiger partial charge on any atom is -0.504 e. The highest BCUT2D eigenvalue weighted by Crippen LogP contribution is 2.27. The molecular weight excluding hydrogens is 394 g/mol. The second-order valence-electron chi connectivity index (χ2n) is 6.96. The zero-order valence-corrected chi connectivity index (χ0v) is 16.8. The number of phenolic OH excluding ortho intramolecular Hbond substituents is 2. The largest absolute Gasteiger partial charge is 0.504 e. The molecule has 3 N–H and O–H groups in total. The fourth-order valence-corrected chi connectivity index (χ4v) is 4.67. The van der Waals surface area contributed by atoms with Gasteiger partial charge in [-0.1, -0.05) is 23.8 Å². The summed E-state index contributed by atoms with van der Waals surface area (Å²) in [5.41, 5.74) is 3.60. The molecule has 8 nitrogen and oxygen atoms in total. The maximum absolute atomic E-state index is 12.8. The van der Waals surface area contributed by atoms with E-state index in [1.807, 2.05) is 6.92 Å². The van der Waals surface area contributed by atoms with E-state index in [1.165, 1.54) is 28.7 Å². The van der Waals surface area contributed by atoms with Crippen molar-refractivity contribution in [1.29, 1.82) is 0 Å². The average molecular weight is 417 g/mol. The Hall–Kier alpha value is -2.91. The van der Waals surface area contributed by atoms with E-state index in [9.17, 15) is 23.4 Å². The zero-order valence-electron chi connectivity index (χ0n) is 15.9. The molecule has 1 aliphatic heterocycles. The molecule has 0 aliphatic carbocycles. The highest BCUT2D eigenvalue weighted by atomic mass is 32.2. The van der Waals surface area contributed by atoms with Crippen molar-refractivity contribution in [3.8, 4) is 11.5 Å². The van der Waals surface area contributed by atoms with Gasteiger partial charge in [-0.3, -0.25) is 4.79 Å². The molecule has 0 bridgehead atoms. The lowest BCUT2D eigenvalue weighted by Crippen LogP contribution is -2.44. The predicted octanol–water partition coefficient (Wildman–Crippen LogP) is 1.96. The van der Waals surface area contributed by atoms with Crippen molar-refractivity contribution in [2.24, 2.45) is 11.0 Å². The molecule has 9 heteroatoms. The van der Waals surface area contributed by atoms with Crippen LogP contribution in [-0.2, 0) is 14.8 Å². The maximum atomic E-state index is 12.8. The lowest BCUT2D eigenvalue weighted by Gasteiger charge is -2.30. The fraction of sp³-hybridized carbons (Fsp3) is 0.300. The molecule has 0 saturated carbocycles. The van der Waals surface area contributed by atoms with Crippen molar-refractivity contribution in [1.82, 2.24) is 9.73 Å². The Morgan fingerprint density at radius 2 is 1.93 bits per heavy atom. The minimum absolute atomic E-state index is 0.0783. The molecule has 1 unspecified atom stereocenters. The third-order valence-corrected chi connectivity index (χ3v) is 6.72. The van der Waals surface area contributed by atoms with Crippen LogP contribution in [0.25, 0.3) is 0 Å². The lowest BCUT2D eigenvalue weighted by atomic mass is 9.99. The summed E-state index contributed by atoms with van der Waals surface area (Å²) < 4.78 is 27.0. The number of benzene rings is 2. The van der Waals surface area contributed by atoms with Crippen LogP contribution in [0.5, 0.6) is 11.5 Å². The van der Waals surface area contributed by atoms with E-state index in [0.29, 0.717) is 19.4 Å². The van der Waals surface area contributed by atoms with Gasteiger partial charge in [0.05, 0.1) is 17.0 Å². The zero-order chi connectivity index (χ0) is 21.0. The molecule has 1 saturated heterocycles. The number of aromatic hydroxyl groups is 2. The van der Waals surface area contributed by atoms with Crippen molar-refractivity contribution in [3.05, 3.63) is 53.6 Å². The van der Waals surface area contributed by atoms with Gasteiger partial charge >= 0.3 is 0 Å². The third kappa shape index (κ3) is 4.75. The van der Waals surface area contributed by atoms with Gasteiger partial charge in [-0.15, -0.1) is 0 Å². The molecule has 154 valence electrons. The summed E-state index contributed by atoms with van der Waals surface area (Å²) in [7, 11) is -3.67. The molecule has 2 aromatic rings. The topological polar surface area (TPSA) is 119 Å². The first-order chi connectivity index (χ1) is 13.8. The number of rotatable bonds is 5. The van der Waals surface area contributed by atoms with Crippen LogP contribution < -0.4 is 5.43 Å². The van der Waals surface area contributed by atoms with E-state index in [2.05, 4.69) is 10.5 Å². The van der Waals surface area contributed by atoms with E-state index >= 15 is 0 Å². The second kappa shape index (κ2) is 8.62. The van der Waals surface area contributed by atoms with Crippen molar-refractivity contribution in [3.63, 3.8) is 0 Å². The summed E-state index contributed by atoms with van der Waals surface area (Å²) in [6.07, 6.45) is 2.34. The number of hydrogen-bond acceptors (Lipinski definition) is 6. The Morgan fingerprint density at radius 1 is 1.21 bits per heavy atom. The summed E-state index contributed by atoms with van der Waals surface area (Å²) >= 11 is 0. The number of phenols is 2. The quantitative estimate of drug-likeness (QED) is 0.390. The van der Waals surface area contributed by atoms with Gasteiger partial charge in [0.1, 0.15) is 0 Å². The van der Waals surface area contributed by atoms with E-state index in [1.54, 1.807) is 24.3 Å². The summed E-state index contributed by atoms with van der Waals surface area (Å²) in [5.74, 6) is -1.55. The van der Waals surface area contributed by atoms with Crippen LogP contribution in [0.3, 0.4) is 0 Å². The number of para-hydroxylation sites is 1. The van der Waals surface area contributed by atoms with E-state index < -0.39 is 21.8 Å². The van der Waals surface area contributed by atoms with Gasteiger partial charge in [0.25, 0.3) is 0 Å². The summed E-state index contributed by atoms with van der Waals surface area (Å²) in [6.45, 7) is 2.32. The molecule has 1 fully saturated rings. The van der Waals surface area contributed by atoms with Gasteiger partial charge < -0.3 is 10.2 Å². The van der Waals surface area contributed by atoms with E-state index in [0.717, 1.165) is 5.56 Å². The standard InChI is InChI=1S/C20H23N3O5S/c1-14-7-9-17(10-8-14)29(27,28)23-11-3-5-16(13-23)20(26)22-21-12-15-4-2-6-18(24)19(15)25/h2,4,6-10,12,16,24-25H,3,5,11,13H2,1H3,(H,22,26)/b21-12+. The number of amides is 1. The number of sulfonamides is 1. The fourth-order valence-electron chi connectivity index (χ4n) is 3.14. The first-order valence-electron chi connectivity index (χ1n) is 9.19. The Balaban J connectivity index is 1.65. The van der Waals surface area contributed by atoms with Crippen molar-refractivity contribution >= 4 is 22.1 Å². The molecule has 1 aliphatic rings. The Labute approximate surface area is 169 Å². The predicted molar refractivity (Wildman–Crippen MR) is 108 cm³/mol. The molecule has 0 spiro atoms. The second-order valence-corrected chi connectivity index (χ2v) is 8.90. The monoisotopic (exact) mass is 417 g/mol. The van der Waals surface area contributed by atoms with Crippen LogP contribution >= 0.6 is 0 Å². The van der Waals surface area contributed by atoms with Crippen LogP contribution in [0.2, 0.25) is 0 Å². The lowest BCUT2D eigenvalue weighted by molar-refractivity contribution is -0.126. The van der Waals surface area contributed by atoms with Gasteiger partial charge in [0.15, 0.2) is 11.5 Å². The van der Waals surface area contributed by atoms with Gasteiger partial charge in [0, 0.05) is 18.7 Å². The number of nitrogens with one attached hydrogen (secondary N) is 1. The first-order valence-corrected chi connectivity index (χ1v) is 10.6. The molecule has 0 aromatic heterocycles. The molecule has 1 atom stereocenters. The van der Waals surface area contributed by atoms with Crippen LogP contribution in [0.4, 0.5) is 0 Å². The molecule has 29 heavy (non-hydrogen) atoms. The Bertz CT molecular complexity index is 1020. The van der Waals surface area contributed by atoms with Crippen molar-refractivity contribution < 1.29 is 23.4 Å². The number of hydrogen-bond donors (Lipinski definition) is 3. The van der Waals surface area contributed by atoms with Crippen LogP contribution in [0, 0.1) is 12.8 Å². The number of hydrazone groups is 1. The van der Waals surface area contributed by atoms with Crippen molar-refractivity contribution in [2.75, 3.05) is 13.1 Å². The molecule has 3 rings (SSSR count). The normalized spacial score (nSPS) is 18.0. The summed E-state index contributed by atoms with van der Waals surface area (Å²) in [4.78, 5) is 12.6. The number of nitrogens with zero attached hydrogens (tertiary/aromatic N) is 2. The molecule has 1 heterocycles. The van der Waals surface area contributed by atoms with Gasteiger partial charge in [-0.05, 0) is 44.0 Å². The number of carbonyl (C=O) groups is 1. The molecule has 2 aromatic carbocycles. The maximum Gasteiger partial charge on any atom is 0.244 e. The summed E-state index contributed by atoms with van der Waals surface area (Å²) in [5, 5.41) is 23.0. The van der Waals surface area contributed by atoms with E-state index in [4.69, 9.17) is 0 Å². The first kappa shape index (κ1) is 20.8. The molecular formula is C20H23N3O5S. The Morgan fingerprint density at radius 3 is 2.66 bits per heavy atom. The summed E-state index contributed by atoms with van der Waals surface area (Å²) in [6, 6.07) is 11.0. The van der Waals surface area contributed by atoms with Crippen molar-refractivity contribution in [2.45, 2.75) is 24.7 Å². The molecule has 0 radical (unpaired) electrons. The average Bonchev–Trinajstić information content (AvgIpc) is 2.71. The minimum atomic E-state index is -3.67. The number of aryl methyl sites for hydroxylation is 1. The van der Waals surface area contributed by atoms with Crippen LogP contribution in [-0.4, -0.2) is 48.1 Å². The van der Waals surface area contributed by atoms with Gasteiger partial charge in [0.2, 0.25) is 15.9 Å². The smallest absolute Gasteiger partial charge is 0.244 e. The number of piperidine rings is 1. The SMILES string of the molecule is Cc1ccc(S(=O)(=O)N2CCCC(C(=O)N/N=C/c3cccc(O)c3O)C2)cc1. The van der Waals surface area contributed by atoms with E-state index in [-0.39, 0.29) is 28.5 Å². The Kier molecular flexibility index (Phi) is 6.19. The molecule has 1 amide bonds. The third-order valence-electron chi connectivity index (χ3n) is 4.84. The number of carbonyl (C=O) groups excluding carboxylic acids is 1. The highest BCUT2D eigenvalue weighted by Gasteiger charge is 2.33. The van der Waals surface area contributed by atoms with Gasteiger partial charge in [-0.25, -0.2) is 13.8 Å².